The van der Waals surface area contributed by atoms with Crippen molar-refractivity contribution < 1.29 is 13.6 Å². The molecule has 6 nitrogen and oxygen atoms in total. The smallest absolute Gasteiger partial charge is 0.287 e. The monoisotopic (exact) mass is 442 g/mol. The van der Waals surface area contributed by atoms with E-state index in [4.69, 9.17) is 20.4 Å². The molecule has 1 aliphatic rings. The zero-order valence-electron chi connectivity index (χ0n) is 18.0. The van der Waals surface area contributed by atoms with Crippen LogP contribution in [-0.4, -0.2) is 30.4 Å². The zero-order chi connectivity index (χ0) is 22.1. The van der Waals surface area contributed by atoms with Crippen molar-refractivity contribution in [2.45, 2.75) is 39.7 Å². The summed E-state index contributed by atoms with van der Waals surface area (Å²) in [4.78, 5) is 27.7. The molecule has 3 heterocycles. The molecule has 1 fully saturated rings. The molecule has 0 saturated carbocycles. The van der Waals surface area contributed by atoms with Crippen molar-refractivity contribution in [1.82, 2.24) is 10.2 Å². The summed E-state index contributed by atoms with van der Waals surface area (Å²) in [6.45, 7) is 8.27. The molecule has 1 saturated heterocycles. The maximum absolute atomic E-state index is 12.8. The van der Waals surface area contributed by atoms with E-state index in [9.17, 15) is 9.59 Å². The van der Waals surface area contributed by atoms with Gasteiger partial charge < -0.3 is 14.2 Å². The number of carbonyl (C=O) groups is 1. The average Bonchev–Trinajstić information content (AvgIpc) is 3.16. The number of furan rings is 1. The molecule has 1 aromatic carbocycles. The summed E-state index contributed by atoms with van der Waals surface area (Å²) in [6, 6.07) is 8.31. The number of hydrogen-bond acceptors (Lipinski definition) is 5. The molecular weight excluding hydrogens is 416 g/mol. The SMILES string of the molecule is Cc1ccc([C@@H](CNC(=O)c2cc(=O)c3cc(Cl)c(C)cc3o2)N2CCC(C)CC2)o1. The van der Waals surface area contributed by atoms with Gasteiger partial charge in [0.1, 0.15) is 17.1 Å². The number of nitrogens with one attached hydrogen (secondary N) is 1. The summed E-state index contributed by atoms with van der Waals surface area (Å²) >= 11 is 6.12. The van der Waals surface area contributed by atoms with E-state index in [0.717, 1.165) is 43.0 Å². The first-order valence-corrected chi connectivity index (χ1v) is 11.0. The Bertz CT molecular complexity index is 1160. The van der Waals surface area contributed by atoms with E-state index in [2.05, 4.69) is 17.1 Å². The Morgan fingerprint density at radius 2 is 1.94 bits per heavy atom. The molecule has 31 heavy (non-hydrogen) atoms. The van der Waals surface area contributed by atoms with Crippen LogP contribution in [0.15, 0.2) is 44.0 Å². The van der Waals surface area contributed by atoms with Crippen LogP contribution in [0, 0.1) is 19.8 Å². The van der Waals surface area contributed by atoms with Crippen LogP contribution in [0.5, 0.6) is 0 Å². The van der Waals surface area contributed by atoms with Crippen LogP contribution < -0.4 is 10.7 Å². The largest absolute Gasteiger partial charge is 0.465 e. The summed E-state index contributed by atoms with van der Waals surface area (Å²) in [6.07, 6.45) is 2.23. The fourth-order valence-corrected chi connectivity index (χ4v) is 4.21. The van der Waals surface area contributed by atoms with Crippen LogP contribution in [0.2, 0.25) is 5.02 Å². The molecule has 7 heteroatoms. The predicted molar refractivity (Wildman–Crippen MR) is 121 cm³/mol. The number of amides is 1. The summed E-state index contributed by atoms with van der Waals surface area (Å²) in [7, 11) is 0. The standard InChI is InChI=1S/C24H27ClN2O4/c1-14-6-8-27(9-7-14)19(21-5-4-16(3)30-21)13-26-24(29)23-12-20(28)17-11-18(25)15(2)10-22(17)31-23/h4-5,10-12,14,19H,6-9,13H2,1-3H3,(H,26,29)/t19-/m1/s1. The van der Waals surface area contributed by atoms with Crippen LogP contribution in [-0.2, 0) is 0 Å². The summed E-state index contributed by atoms with van der Waals surface area (Å²) in [5.74, 6) is 1.93. The van der Waals surface area contributed by atoms with E-state index in [-0.39, 0.29) is 17.2 Å². The minimum Gasteiger partial charge on any atom is -0.465 e. The van der Waals surface area contributed by atoms with Gasteiger partial charge >= 0.3 is 0 Å². The van der Waals surface area contributed by atoms with Gasteiger partial charge in [-0.1, -0.05) is 18.5 Å². The van der Waals surface area contributed by atoms with Gasteiger partial charge in [-0.2, -0.15) is 0 Å². The molecule has 0 unspecified atom stereocenters. The van der Waals surface area contributed by atoms with E-state index in [1.54, 1.807) is 12.1 Å². The molecule has 1 aliphatic heterocycles. The number of hydrogen-bond donors (Lipinski definition) is 1. The molecule has 0 bridgehead atoms. The molecule has 3 aromatic rings. The lowest BCUT2D eigenvalue weighted by atomic mass is 9.97. The maximum Gasteiger partial charge on any atom is 0.287 e. The van der Waals surface area contributed by atoms with Crippen molar-refractivity contribution >= 4 is 28.5 Å². The molecule has 2 aromatic heterocycles. The topological polar surface area (TPSA) is 75.7 Å². The Balaban J connectivity index is 1.55. The van der Waals surface area contributed by atoms with Gasteiger partial charge in [-0.15, -0.1) is 0 Å². The number of likely N-dealkylation sites (tertiary alicyclic amines) is 1. The van der Waals surface area contributed by atoms with Gasteiger partial charge in [-0.3, -0.25) is 14.5 Å². The van der Waals surface area contributed by atoms with E-state index in [1.165, 1.54) is 6.07 Å². The lowest BCUT2D eigenvalue weighted by Crippen LogP contribution is -2.41. The minimum absolute atomic E-state index is 0.0131. The lowest BCUT2D eigenvalue weighted by Gasteiger charge is -2.35. The van der Waals surface area contributed by atoms with Gasteiger partial charge in [0.25, 0.3) is 5.91 Å². The van der Waals surface area contributed by atoms with Gasteiger partial charge in [-0.05, 0) is 75.5 Å². The molecular formula is C24H27ClN2O4. The highest BCUT2D eigenvalue weighted by molar-refractivity contribution is 6.32. The number of rotatable bonds is 5. The normalized spacial score (nSPS) is 16.5. The second kappa shape index (κ2) is 8.89. The third-order valence-corrected chi connectivity index (χ3v) is 6.44. The van der Waals surface area contributed by atoms with Gasteiger partial charge in [0.05, 0.1) is 11.4 Å². The predicted octanol–water partition coefficient (Wildman–Crippen LogP) is 4.86. The van der Waals surface area contributed by atoms with Gasteiger partial charge in [0, 0.05) is 17.6 Å². The molecule has 1 amide bonds. The van der Waals surface area contributed by atoms with Crippen molar-refractivity contribution in [3.63, 3.8) is 0 Å². The number of nitrogens with zero attached hydrogens (tertiary/aromatic N) is 1. The fraction of sp³-hybridized carbons (Fsp3) is 0.417. The molecule has 0 aliphatic carbocycles. The van der Waals surface area contributed by atoms with Crippen LogP contribution >= 0.6 is 11.6 Å². The fourth-order valence-electron chi connectivity index (χ4n) is 4.05. The first-order valence-electron chi connectivity index (χ1n) is 10.6. The number of carbonyl (C=O) groups excluding carboxylic acids is 1. The van der Waals surface area contributed by atoms with Crippen molar-refractivity contribution in [2.75, 3.05) is 19.6 Å². The number of fused-ring (bicyclic) bond motifs is 1. The lowest BCUT2D eigenvalue weighted by molar-refractivity contribution is 0.0870. The number of halogens is 1. The average molecular weight is 443 g/mol. The van der Waals surface area contributed by atoms with Crippen molar-refractivity contribution in [1.29, 1.82) is 0 Å². The Hall–Kier alpha value is -2.57. The zero-order valence-corrected chi connectivity index (χ0v) is 18.8. The van der Waals surface area contributed by atoms with Crippen molar-refractivity contribution in [2.24, 2.45) is 5.92 Å². The van der Waals surface area contributed by atoms with Crippen LogP contribution in [0.1, 0.15) is 53.4 Å². The van der Waals surface area contributed by atoms with Gasteiger partial charge in [0.2, 0.25) is 0 Å². The molecule has 164 valence electrons. The van der Waals surface area contributed by atoms with E-state index >= 15 is 0 Å². The second-order valence-electron chi connectivity index (χ2n) is 8.47. The third kappa shape index (κ3) is 4.70. The van der Waals surface area contributed by atoms with Crippen molar-refractivity contribution in [3.05, 3.63) is 68.4 Å². The summed E-state index contributed by atoms with van der Waals surface area (Å²) < 4.78 is 11.6. The van der Waals surface area contributed by atoms with Crippen LogP contribution in [0.3, 0.4) is 0 Å². The Morgan fingerprint density at radius 1 is 1.19 bits per heavy atom. The molecule has 1 N–H and O–H groups in total. The van der Waals surface area contributed by atoms with Crippen LogP contribution in [0.25, 0.3) is 11.0 Å². The maximum atomic E-state index is 12.8. The molecule has 0 spiro atoms. The van der Waals surface area contributed by atoms with Crippen LogP contribution in [0.4, 0.5) is 0 Å². The van der Waals surface area contributed by atoms with E-state index < -0.39 is 5.91 Å². The van der Waals surface area contributed by atoms with Gasteiger partial charge in [-0.25, -0.2) is 0 Å². The first-order chi connectivity index (χ1) is 14.8. The Labute approximate surface area is 186 Å². The van der Waals surface area contributed by atoms with E-state index in [1.807, 2.05) is 26.0 Å². The molecule has 1 atom stereocenters. The highest BCUT2D eigenvalue weighted by Gasteiger charge is 2.27. The molecule has 0 radical (unpaired) electrons. The summed E-state index contributed by atoms with van der Waals surface area (Å²) in [5.41, 5.74) is 0.835. The van der Waals surface area contributed by atoms with Crippen molar-refractivity contribution in [3.8, 4) is 0 Å². The minimum atomic E-state index is -0.426. The molecule has 4 rings (SSSR count). The third-order valence-electron chi connectivity index (χ3n) is 6.04. The van der Waals surface area contributed by atoms with Gasteiger partial charge in [0.15, 0.2) is 11.2 Å². The quantitative estimate of drug-likeness (QED) is 0.610. The second-order valence-corrected chi connectivity index (χ2v) is 8.87. The Morgan fingerprint density at radius 3 is 2.61 bits per heavy atom. The highest BCUT2D eigenvalue weighted by atomic mass is 35.5. The Kier molecular flexibility index (Phi) is 6.21. The number of benzene rings is 1. The van der Waals surface area contributed by atoms with E-state index in [0.29, 0.717) is 28.5 Å². The summed E-state index contributed by atoms with van der Waals surface area (Å²) in [5, 5.41) is 3.78. The number of aryl methyl sites for hydroxylation is 2. The number of piperidine rings is 1. The highest BCUT2D eigenvalue weighted by Crippen LogP contribution is 2.28. The first kappa shape index (κ1) is 21.7.